The lowest BCUT2D eigenvalue weighted by Gasteiger charge is -2.05. The zero-order valence-electron chi connectivity index (χ0n) is 8.33. The topological polar surface area (TPSA) is 39.2 Å². The van der Waals surface area contributed by atoms with Gasteiger partial charge in [-0.2, -0.15) is 0 Å². The highest BCUT2D eigenvalue weighted by Crippen LogP contribution is 2.26. The van der Waals surface area contributed by atoms with Crippen molar-refractivity contribution in [1.29, 1.82) is 0 Å². The Morgan fingerprint density at radius 2 is 2.12 bits per heavy atom. The van der Waals surface area contributed by atoms with Crippen molar-refractivity contribution in [3.05, 3.63) is 40.0 Å². The van der Waals surface area contributed by atoms with Crippen LogP contribution >= 0.6 is 23.2 Å². The number of esters is 1. The fraction of sp³-hybridized carbons (Fsp3) is 0.0909. The SMILES string of the molecule is COC(=O)c1cccc2cc(Cl)c(Cl)nc12. The summed E-state index contributed by atoms with van der Waals surface area (Å²) in [6, 6.07) is 6.83. The molecule has 0 unspecified atom stereocenters. The van der Waals surface area contributed by atoms with Gasteiger partial charge in [-0.05, 0) is 12.1 Å². The summed E-state index contributed by atoms with van der Waals surface area (Å²) in [5.41, 5.74) is 0.863. The molecule has 2 aromatic rings. The lowest BCUT2D eigenvalue weighted by molar-refractivity contribution is 0.0603. The van der Waals surface area contributed by atoms with Gasteiger partial charge in [0, 0.05) is 5.39 Å². The largest absolute Gasteiger partial charge is 0.465 e. The zero-order valence-corrected chi connectivity index (χ0v) is 9.84. The number of carbonyl (C=O) groups is 1. The quantitative estimate of drug-likeness (QED) is 0.580. The van der Waals surface area contributed by atoms with Gasteiger partial charge in [-0.15, -0.1) is 0 Å². The third-order valence-electron chi connectivity index (χ3n) is 2.16. The highest BCUT2D eigenvalue weighted by molar-refractivity contribution is 6.41. The molecule has 3 nitrogen and oxygen atoms in total. The number of carbonyl (C=O) groups excluding carboxylic acids is 1. The van der Waals surface area contributed by atoms with Crippen LogP contribution in [0.4, 0.5) is 0 Å². The fourth-order valence-electron chi connectivity index (χ4n) is 1.42. The predicted molar refractivity (Wildman–Crippen MR) is 63.1 cm³/mol. The van der Waals surface area contributed by atoms with E-state index >= 15 is 0 Å². The van der Waals surface area contributed by atoms with Crippen LogP contribution in [0.2, 0.25) is 10.2 Å². The standard InChI is InChI=1S/C11H7Cl2NO2/c1-16-11(15)7-4-2-3-6-5-8(12)10(13)14-9(6)7/h2-5H,1H3. The molecular formula is C11H7Cl2NO2. The highest BCUT2D eigenvalue weighted by atomic mass is 35.5. The summed E-state index contributed by atoms with van der Waals surface area (Å²) in [6.45, 7) is 0. The van der Waals surface area contributed by atoms with Gasteiger partial charge in [-0.3, -0.25) is 0 Å². The van der Waals surface area contributed by atoms with Gasteiger partial charge in [-0.25, -0.2) is 9.78 Å². The van der Waals surface area contributed by atoms with Crippen LogP contribution in [0.15, 0.2) is 24.3 Å². The van der Waals surface area contributed by atoms with E-state index in [-0.39, 0.29) is 5.15 Å². The maximum Gasteiger partial charge on any atom is 0.340 e. The normalized spacial score (nSPS) is 10.4. The van der Waals surface area contributed by atoms with Crippen molar-refractivity contribution in [3.63, 3.8) is 0 Å². The van der Waals surface area contributed by atoms with Crippen LogP contribution < -0.4 is 0 Å². The van der Waals surface area contributed by atoms with E-state index in [9.17, 15) is 4.79 Å². The first kappa shape index (κ1) is 11.2. The number of hydrogen-bond donors (Lipinski definition) is 0. The number of fused-ring (bicyclic) bond motifs is 1. The summed E-state index contributed by atoms with van der Waals surface area (Å²) in [7, 11) is 1.32. The molecule has 0 N–H and O–H groups in total. The zero-order chi connectivity index (χ0) is 11.7. The highest BCUT2D eigenvalue weighted by Gasteiger charge is 2.12. The Bertz CT molecular complexity index is 569. The molecule has 0 saturated heterocycles. The van der Waals surface area contributed by atoms with Crippen molar-refractivity contribution in [2.24, 2.45) is 0 Å². The maximum absolute atomic E-state index is 11.5. The molecule has 0 amide bonds. The van der Waals surface area contributed by atoms with E-state index in [4.69, 9.17) is 23.2 Å². The van der Waals surface area contributed by atoms with Crippen molar-refractivity contribution in [1.82, 2.24) is 4.98 Å². The molecule has 16 heavy (non-hydrogen) atoms. The van der Waals surface area contributed by atoms with E-state index in [1.165, 1.54) is 7.11 Å². The molecule has 1 heterocycles. The smallest absolute Gasteiger partial charge is 0.340 e. The first-order valence-electron chi connectivity index (χ1n) is 4.46. The molecule has 0 bridgehead atoms. The second-order valence-corrected chi connectivity index (χ2v) is 3.90. The number of benzene rings is 1. The van der Waals surface area contributed by atoms with Gasteiger partial charge >= 0.3 is 5.97 Å². The van der Waals surface area contributed by atoms with E-state index in [0.717, 1.165) is 5.39 Å². The van der Waals surface area contributed by atoms with E-state index in [0.29, 0.717) is 16.1 Å². The number of ether oxygens (including phenoxy) is 1. The van der Waals surface area contributed by atoms with Crippen molar-refractivity contribution < 1.29 is 9.53 Å². The molecule has 82 valence electrons. The maximum atomic E-state index is 11.5. The van der Waals surface area contributed by atoms with E-state index in [2.05, 4.69) is 9.72 Å². The molecule has 0 fully saturated rings. The van der Waals surface area contributed by atoms with Crippen LogP contribution in [0.5, 0.6) is 0 Å². The van der Waals surface area contributed by atoms with E-state index < -0.39 is 5.97 Å². The molecular weight excluding hydrogens is 249 g/mol. The van der Waals surface area contributed by atoms with Gasteiger partial charge in [0.25, 0.3) is 0 Å². The minimum Gasteiger partial charge on any atom is -0.465 e. The molecule has 0 radical (unpaired) electrons. The summed E-state index contributed by atoms with van der Waals surface area (Å²) in [6.07, 6.45) is 0. The third kappa shape index (κ3) is 1.84. The summed E-state index contributed by atoms with van der Waals surface area (Å²) in [4.78, 5) is 15.6. The first-order valence-corrected chi connectivity index (χ1v) is 5.22. The molecule has 1 aromatic heterocycles. The molecule has 5 heteroatoms. The average molecular weight is 256 g/mol. The number of aromatic nitrogens is 1. The van der Waals surface area contributed by atoms with Gasteiger partial charge in [0.2, 0.25) is 0 Å². The Balaban J connectivity index is 2.77. The second-order valence-electron chi connectivity index (χ2n) is 3.13. The van der Waals surface area contributed by atoms with E-state index in [1.807, 2.05) is 0 Å². The molecule has 0 saturated carbocycles. The molecule has 0 aliphatic heterocycles. The number of halogens is 2. The van der Waals surface area contributed by atoms with Crippen LogP contribution in [0.1, 0.15) is 10.4 Å². The third-order valence-corrected chi connectivity index (χ3v) is 2.83. The minimum atomic E-state index is -0.448. The second kappa shape index (κ2) is 4.28. The summed E-state index contributed by atoms with van der Waals surface area (Å²) >= 11 is 11.7. The fourth-order valence-corrected chi connectivity index (χ4v) is 1.72. The lowest BCUT2D eigenvalue weighted by atomic mass is 10.1. The number of para-hydroxylation sites is 1. The van der Waals surface area contributed by atoms with Gasteiger partial charge in [0.05, 0.1) is 23.2 Å². The summed E-state index contributed by atoms with van der Waals surface area (Å²) < 4.78 is 4.66. The van der Waals surface area contributed by atoms with Crippen LogP contribution in [0.3, 0.4) is 0 Å². The summed E-state index contributed by atoms with van der Waals surface area (Å²) in [5.74, 6) is -0.448. The Morgan fingerprint density at radius 1 is 1.38 bits per heavy atom. The number of nitrogens with zero attached hydrogens (tertiary/aromatic N) is 1. The average Bonchev–Trinajstić information content (AvgIpc) is 2.29. The van der Waals surface area contributed by atoms with Crippen molar-refractivity contribution in [2.45, 2.75) is 0 Å². The number of pyridine rings is 1. The number of hydrogen-bond acceptors (Lipinski definition) is 3. The van der Waals surface area contributed by atoms with Crippen LogP contribution in [0, 0.1) is 0 Å². The summed E-state index contributed by atoms with van der Waals surface area (Å²) in [5, 5.41) is 1.28. The molecule has 0 atom stereocenters. The molecule has 0 spiro atoms. The number of rotatable bonds is 1. The Kier molecular flexibility index (Phi) is 2.99. The molecule has 0 aliphatic rings. The minimum absolute atomic E-state index is 0.172. The van der Waals surface area contributed by atoms with Gasteiger partial charge in [-0.1, -0.05) is 35.3 Å². The van der Waals surface area contributed by atoms with Crippen molar-refractivity contribution >= 4 is 40.1 Å². The predicted octanol–water partition coefficient (Wildman–Crippen LogP) is 3.33. The van der Waals surface area contributed by atoms with Crippen LogP contribution in [0.25, 0.3) is 10.9 Å². The lowest BCUT2D eigenvalue weighted by Crippen LogP contribution is -2.02. The van der Waals surface area contributed by atoms with Gasteiger partial charge < -0.3 is 4.74 Å². The Hall–Kier alpha value is -1.32. The van der Waals surface area contributed by atoms with E-state index in [1.54, 1.807) is 24.3 Å². The van der Waals surface area contributed by atoms with Gasteiger partial charge in [0.15, 0.2) is 0 Å². The molecule has 2 rings (SSSR count). The Morgan fingerprint density at radius 3 is 2.81 bits per heavy atom. The van der Waals surface area contributed by atoms with Crippen LogP contribution in [-0.4, -0.2) is 18.1 Å². The van der Waals surface area contributed by atoms with Gasteiger partial charge in [0.1, 0.15) is 5.15 Å². The Labute approximate surface area is 102 Å². The molecule has 1 aromatic carbocycles. The molecule has 0 aliphatic carbocycles. The monoisotopic (exact) mass is 255 g/mol. The van der Waals surface area contributed by atoms with Crippen molar-refractivity contribution in [2.75, 3.05) is 7.11 Å². The van der Waals surface area contributed by atoms with Crippen molar-refractivity contribution in [3.8, 4) is 0 Å². The number of methoxy groups -OCH3 is 1. The first-order chi connectivity index (χ1) is 7.63. The van der Waals surface area contributed by atoms with Crippen LogP contribution in [-0.2, 0) is 4.74 Å².